The van der Waals surface area contributed by atoms with E-state index in [0.717, 1.165) is 29.9 Å². The number of hydrogen-bond acceptors (Lipinski definition) is 8. The van der Waals surface area contributed by atoms with Gasteiger partial charge in [0.2, 0.25) is 0 Å². The molecule has 1 aromatic carbocycles. The molecule has 3 aromatic rings. The normalized spacial score (nSPS) is 15.1. The molecule has 1 aliphatic heterocycles. The van der Waals surface area contributed by atoms with Crippen molar-refractivity contribution < 1.29 is 52.0 Å². The summed E-state index contributed by atoms with van der Waals surface area (Å²) in [4.78, 5) is 28.5. The number of carbonyl (C=O) groups excluding carboxylic acids is 1. The number of aliphatic hydroxyl groups excluding tert-OH is 1. The van der Waals surface area contributed by atoms with Crippen molar-refractivity contribution >= 4 is 45.5 Å². The maximum atomic E-state index is 12.7. The van der Waals surface area contributed by atoms with E-state index in [1.165, 1.54) is 11.3 Å². The molecule has 0 amide bonds. The van der Waals surface area contributed by atoms with Crippen molar-refractivity contribution in [3.8, 4) is 0 Å². The first-order valence-electron chi connectivity index (χ1n) is 9.59. The molecule has 4 rings (SSSR count). The van der Waals surface area contributed by atoms with Crippen LogP contribution in [0.5, 0.6) is 0 Å². The number of carbonyl (C=O) groups is 1. The van der Waals surface area contributed by atoms with Crippen LogP contribution in [0.4, 0.5) is 16.8 Å². The Morgan fingerprint density at radius 3 is 2.81 bits per heavy atom. The van der Waals surface area contributed by atoms with Crippen LogP contribution in [0.15, 0.2) is 24.4 Å². The van der Waals surface area contributed by atoms with Crippen LogP contribution < -0.4 is 10.2 Å². The number of rotatable bonds is 6. The molecule has 7 nitrogen and oxygen atoms in total. The van der Waals surface area contributed by atoms with Crippen LogP contribution in [-0.2, 0) is 48.6 Å². The number of nitrogens with zero attached hydrogens (tertiary/aromatic N) is 4. The van der Waals surface area contributed by atoms with Gasteiger partial charge in [0.15, 0.2) is 10.9 Å². The predicted octanol–water partition coefficient (Wildman–Crippen LogP) is 3.74. The minimum atomic E-state index is -0.330. The van der Waals surface area contributed by atoms with Crippen molar-refractivity contribution in [3.63, 3.8) is 0 Å². The Labute approximate surface area is 224 Å². The number of thiazole rings is 1. The Hall–Kier alpha value is -1.17. The van der Waals surface area contributed by atoms with Crippen LogP contribution in [0.25, 0.3) is 0 Å². The zero-order chi connectivity index (χ0) is 21.3. The van der Waals surface area contributed by atoms with E-state index in [-0.39, 0.29) is 60.4 Å². The molecular weight excluding hydrogens is 789 g/mol. The van der Waals surface area contributed by atoms with E-state index < -0.39 is 0 Å². The van der Waals surface area contributed by atoms with Crippen molar-refractivity contribution in [2.75, 3.05) is 23.3 Å². The summed E-state index contributed by atoms with van der Waals surface area (Å²) in [7, 11) is 0. The Morgan fingerprint density at radius 1 is 1.34 bits per heavy atom. The molecule has 0 spiro atoms. The van der Waals surface area contributed by atoms with E-state index in [9.17, 15) is 9.90 Å². The second-order valence-corrected chi connectivity index (χ2v) is 8.70. The SMILES string of the molecule is Cc1nc(Nc2ncc(C(=O)Cc3c(C)c[c-]cc3Cl)s2)cc(N2CCC(O)C2)n1.[W].[W]. The Morgan fingerprint density at radius 2 is 2.12 bits per heavy atom. The molecule has 2 aromatic heterocycles. The topological polar surface area (TPSA) is 91.2 Å². The third kappa shape index (κ3) is 6.45. The number of aromatic nitrogens is 3. The summed E-state index contributed by atoms with van der Waals surface area (Å²) >= 11 is 7.50. The molecule has 32 heavy (non-hydrogen) atoms. The second kappa shape index (κ2) is 11.8. The Bertz CT molecular complexity index is 1080. The molecule has 1 atom stereocenters. The molecule has 1 fully saturated rings. The van der Waals surface area contributed by atoms with Gasteiger partial charge in [0.25, 0.3) is 0 Å². The van der Waals surface area contributed by atoms with Gasteiger partial charge >= 0.3 is 0 Å². The van der Waals surface area contributed by atoms with Gasteiger partial charge in [0.1, 0.15) is 17.5 Å². The zero-order valence-electron chi connectivity index (χ0n) is 17.5. The molecule has 3 heterocycles. The van der Waals surface area contributed by atoms with Gasteiger partial charge in [-0.05, 0) is 13.3 Å². The number of hydrogen-bond donors (Lipinski definition) is 2. The number of halogens is 1. The van der Waals surface area contributed by atoms with E-state index in [2.05, 4.69) is 26.3 Å². The van der Waals surface area contributed by atoms with Gasteiger partial charge in [0, 0.05) is 67.7 Å². The number of Topliss-reactive ketones (excluding diaryl/α,β-unsaturated/α-hetero) is 1. The summed E-state index contributed by atoms with van der Waals surface area (Å²) in [5.41, 5.74) is 1.75. The van der Waals surface area contributed by atoms with Gasteiger partial charge in [0.05, 0.1) is 17.2 Å². The Kier molecular flexibility index (Phi) is 9.99. The fourth-order valence-corrected chi connectivity index (χ4v) is 4.41. The standard InChI is InChI=1S/C21H21ClN5O2S.2W/c1-12-4-3-5-16(22)15(12)8-17(29)18-10-23-21(30-18)26-19-9-20(25-13(2)24-19)27-7-6-14(28)11-27;;/h4-5,9-10,14,28H,6-8,11H2,1-2H3,(H,23,24,25,26);;/q-1;;. The van der Waals surface area contributed by atoms with Crippen molar-refractivity contribution in [2.45, 2.75) is 32.8 Å². The Balaban J connectivity index is 0.00000181. The predicted molar refractivity (Wildman–Crippen MR) is 118 cm³/mol. The van der Waals surface area contributed by atoms with Crippen molar-refractivity contribution in [1.29, 1.82) is 0 Å². The maximum Gasteiger partial charge on any atom is 0.188 e. The molecule has 11 heteroatoms. The third-order valence-electron chi connectivity index (χ3n) is 4.94. The van der Waals surface area contributed by atoms with E-state index in [1.54, 1.807) is 12.3 Å². The van der Waals surface area contributed by atoms with Gasteiger partial charge in [-0.15, -0.1) is 5.56 Å². The molecule has 1 aliphatic rings. The van der Waals surface area contributed by atoms with E-state index in [0.29, 0.717) is 33.2 Å². The molecule has 0 aliphatic carbocycles. The van der Waals surface area contributed by atoms with Crippen LogP contribution in [-0.4, -0.2) is 45.0 Å². The fraction of sp³-hybridized carbons (Fsp3) is 0.333. The summed E-state index contributed by atoms with van der Waals surface area (Å²) < 4.78 is 0. The first-order chi connectivity index (χ1) is 14.4. The largest absolute Gasteiger partial charge is 0.391 e. The molecular formula is C21H21ClN5O2SW2-. The third-order valence-corrected chi connectivity index (χ3v) is 6.23. The number of β-amino-alcohol motifs (C(OH)–C–C–N with tert-alkyl or cyclic N) is 1. The summed E-state index contributed by atoms with van der Waals surface area (Å²) in [5.74, 6) is 1.95. The van der Waals surface area contributed by atoms with Crippen LogP contribution in [0, 0.1) is 19.9 Å². The van der Waals surface area contributed by atoms with Crippen molar-refractivity contribution in [2.24, 2.45) is 0 Å². The minimum absolute atomic E-state index is 0. The molecule has 168 valence electrons. The van der Waals surface area contributed by atoms with E-state index >= 15 is 0 Å². The second-order valence-electron chi connectivity index (χ2n) is 7.27. The summed E-state index contributed by atoms with van der Waals surface area (Å²) in [6.07, 6.45) is 2.19. The fourth-order valence-electron chi connectivity index (χ4n) is 3.37. The number of benzene rings is 1. The smallest absolute Gasteiger partial charge is 0.188 e. The molecule has 1 unspecified atom stereocenters. The number of nitrogens with one attached hydrogen (secondary N) is 1. The molecule has 0 bridgehead atoms. The van der Waals surface area contributed by atoms with Crippen molar-refractivity contribution in [3.05, 3.63) is 57.3 Å². The molecule has 2 N–H and O–H groups in total. The van der Waals surface area contributed by atoms with Gasteiger partial charge in [-0.2, -0.15) is 35.4 Å². The van der Waals surface area contributed by atoms with Gasteiger partial charge in [-0.1, -0.05) is 23.3 Å². The summed E-state index contributed by atoms with van der Waals surface area (Å²) in [6.45, 7) is 5.05. The van der Waals surface area contributed by atoms with E-state index in [4.69, 9.17) is 11.6 Å². The first-order valence-corrected chi connectivity index (χ1v) is 10.8. The van der Waals surface area contributed by atoms with Crippen LogP contribution >= 0.6 is 22.9 Å². The average Bonchev–Trinajstić information content (AvgIpc) is 3.33. The monoisotopic (exact) mass is 810 g/mol. The molecule has 0 radical (unpaired) electrons. The number of aliphatic hydroxyl groups is 1. The maximum absolute atomic E-state index is 12.7. The van der Waals surface area contributed by atoms with Gasteiger partial charge in [-0.25, -0.2) is 15.0 Å². The number of anilines is 3. The van der Waals surface area contributed by atoms with Crippen LogP contribution in [0.1, 0.15) is 33.0 Å². The zero-order valence-corrected chi connectivity index (χ0v) is 24.9. The van der Waals surface area contributed by atoms with Crippen molar-refractivity contribution in [1.82, 2.24) is 15.0 Å². The molecule has 1 saturated heterocycles. The number of ketones is 1. The number of aryl methyl sites for hydroxylation is 2. The minimum Gasteiger partial charge on any atom is -0.391 e. The molecule has 0 saturated carbocycles. The van der Waals surface area contributed by atoms with Gasteiger partial charge < -0.3 is 15.3 Å². The summed E-state index contributed by atoms with van der Waals surface area (Å²) in [6, 6.07) is 8.28. The van der Waals surface area contributed by atoms with Crippen LogP contribution in [0.3, 0.4) is 0 Å². The summed E-state index contributed by atoms with van der Waals surface area (Å²) in [5, 5.41) is 14.1. The van der Waals surface area contributed by atoms with E-state index in [1.807, 2.05) is 30.9 Å². The quantitative estimate of drug-likeness (QED) is 0.290. The van der Waals surface area contributed by atoms with Crippen LogP contribution in [0.2, 0.25) is 5.02 Å². The average molecular weight is 811 g/mol. The first kappa shape index (κ1) is 27.1. The van der Waals surface area contributed by atoms with Gasteiger partial charge in [-0.3, -0.25) is 4.79 Å².